The van der Waals surface area contributed by atoms with Gasteiger partial charge in [0.25, 0.3) is 0 Å². The molecule has 1 aliphatic heterocycles. The van der Waals surface area contributed by atoms with Crippen LogP contribution in [0.15, 0.2) is 23.1 Å². The second-order valence-electron chi connectivity index (χ2n) is 5.87. The van der Waals surface area contributed by atoms with Crippen molar-refractivity contribution in [1.29, 1.82) is 0 Å². The summed E-state index contributed by atoms with van der Waals surface area (Å²) in [6.45, 7) is 7.93. The van der Waals surface area contributed by atoms with Gasteiger partial charge in [-0.05, 0) is 43.0 Å². The number of carbonyl (C=O) groups excluding carboxylic acids is 1. The fourth-order valence-electron chi connectivity index (χ4n) is 2.32. The average Bonchev–Trinajstić information content (AvgIpc) is 2.80. The summed E-state index contributed by atoms with van der Waals surface area (Å²) in [7, 11) is -3.52. The molecule has 1 N–H and O–H groups in total. The van der Waals surface area contributed by atoms with Crippen molar-refractivity contribution in [3.8, 4) is 0 Å². The Morgan fingerprint density at radius 1 is 1.29 bits per heavy atom. The zero-order valence-corrected chi connectivity index (χ0v) is 13.7. The highest BCUT2D eigenvalue weighted by Gasteiger charge is 2.25. The Kier molecular flexibility index (Phi) is 4.39. The van der Waals surface area contributed by atoms with Gasteiger partial charge in [-0.25, -0.2) is 13.1 Å². The van der Waals surface area contributed by atoms with Crippen LogP contribution in [0.5, 0.6) is 0 Å². The highest BCUT2D eigenvalue weighted by atomic mass is 32.2. The summed E-state index contributed by atoms with van der Waals surface area (Å²) in [4.78, 5) is 13.4. The monoisotopic (exact) mass is 310 g/mol. The smallest absolute Gasteiger partial charge is 0.240 e. The van der Waals surface area contributed by atoms with E-state index in [1.54, 1.807) is 23.1 Å². The maximum absolute atomic E-state index is 12.4. The van der Waals surface area contributed by atoms with Gasteiger partial charge in [-0.3, -0.25) is 4.79 Å². The van der Waals surface area contributed by atoms with Gasteiger partial charge in [0.15, 0.2) is 0 Å². The van der Waals surface area contributed by atoms with Crippen molar-refractivity contribution in [3.63, 3.8) is 0 Å². The number of amides is 1. The second kappa shape index (κ2) is 5.77. The number of carbonyl (C=O) groups is 1. The van der Waals surface area contributed by atoms with Crippen molar-refractivity contribution >= 4 is 21.6 Å². The van der Waals surface area contributed by atoms with Gasteiger partial charge >= 0.3 is 0 Å². The Morgan fingerprint density at radius 2 is 1.95 bits per heavy atom. The zero-order valence-electron chi connectivity index (χ0n) is 12.9. The molecule has 0 saturated heterocycles. The standard InChI is InChI=1S/C15H22N2O3S/c1-10(2)11(3)16-21(19,20)14-5-6-15-13(9-14)7-8-17(15)12(4)18/h5-6,9-11,16H,7-8H2,1-4H3/t11-/m1/s1. The number of nitrogens with zero attached hydrogens (tertiary/aromatic N) is 1. The van der Waals surface area contributed by atoms with Crippen LogP contribution < -0.4 is 9.62 Å². The summed E-state index contributed by atoms with van der Waals surface area (Å²) >= 11 is 0. The van der Waals surface area contributed by atoms with E-state index in [2.05, 4.69) is 4.72 Å². The van der Waals surface area contributed by atoms with E-state index < -0.39 is 10.0 Å². The average molecular weight is 310 g/mol. The molecule has 6 heteroatoms. The third-order valence-corrected chi connectivity index (χ3v) is 5.53. The van der Waals surface area contributed by atoms with Crippen molar-refractivity contribution in [2.24, 2.45) is 5.92 Å². The van der Waals surface area contributed by atoms with Crippen LogP contribution in [0.25, 0.3) is 0 Å². The first-order chi connectivity index (χ1) is 9.72. The third-order valence-electron chi connectivity index (χ3n) is 3.98. The maximum Gasteiger partial charge on any atom is 0.240 e. The Bertz CT molecular complexity index is 653. The van der Waals surface area contributed by atoms with E-state index in [4.69, 9.17) is 0 Å². The molecule has 5 nitrogen and oxygen atoms in total. The molecule has 0 fully saturated rings. The largest absolute Gasteiger partial charge is 0.312 e. The fourth-order valence-corrected chi connectivity index (χ4v) is 3.76. The summed E-state index contributed by atoms with van der Waals surface area (Å²) in [6.07, 6.45) is 0.692. The van der Waals surface area contributed by atoms with Crippen molar-refractivity contribution in [1.82, 2.24) is 4.72 Å². The summed E-state index contributed by atoms with van der Waals surface area (Å²) in [5.74, 6) is 0.207. The maximum atomic E-state index is 12.4. The summed E-state index contributed by atoms with van der Waals surface area (Å²) < 4.78 is 27.4. The predicted molar refractivity (Wildman–Crippen MR) is 82.8 cm³/mol. The first kappa shape index (κ1) is 16.0. The normalized spacial score (nSPS) is 16.1. The van der Waals surface area contributed by atoms with E-state index in [1.807, 2.05) is 20.8 Å². The molecule has 1 atom stereocenters. The van der Waals surface area contributed by atoms with E-state index in [0.717, 1.165) is 11.3 Å². The van der Waals surface area contributed by atoms with Crippen LogP contribution in [-0.2, 0) is 21.2 Å². The van der Waals surface area contributed by atoms with Crippen molar-refractivity contribution in [2.45, 2.75) is 45.1 Å². The number of hydrogen-bond donors (Lipinski definition) is 1. The molecular weight excluding hydrogens is 288 g/mol. The highest BCUT2D eigenvalue weighted by Crippen LogP contribution is 2.30. The van der Waals surface area contributed by atoms with Gasteiger partial charge in [-0.15, -0.1) is 0 Å². The number of nitrogens with one attached hydrogen (secondary N) is 1. The SMILES string of the molecule is CC(=O)N1CCc2cc(S(=O)(=O)N[C@H](C)C(C)C)ccc21. The van der Waals surface area contributed by atoms with E-state index in [0.29, 0.717) is 13.0 Å². The molecule has 0 spiro atoms. The van der Waals surface area contributed by atoms with E-state index in [9.17, 15) is 13.2 Å². The Hall–Kier alpha value is -1.40. The first-order valence-electron chi connectivity index (χ1n) is 7.15. The molecule has 1 aromatic carbocycles. The number of rotatable bonds is 4. The van der Waals surface area contributed by atoms with Gasteiger partial charge < -0.3 is 4.90 Å². The van der Waals surface area contributed by atoms with Crippen LogP contribution in [-0.4, -0.2) is 26.9 Å². The topological polar surface area (TPSA) is 66.5 Å². The van der Waals surface area contributed by atoms with Crippen LogP contribution in [0.3, 0.4) is 0 Å². The Morgan fingerprint density at radius 3 is 2.52 bits per heavy atom. The van der Waals surface area contributed by atoms with Crippen LogP contribution in [0, 0.1) is 5.92 Å². The number of hydrogen-bond acceptors (Lipinski definition) is 3. The number of anilines is 1. The molecule has 21 heavy (non-hydrogen) atoms. The van der Waals surface area contributed by atoms with Gasteiger partial charge in [-0.2, -0.15) is 0 Å². The lowest BCUT2D eigenvalue weighted by molar-refractivity contribution is -0.116. The molecule has 1 heterocycles. The van der Waals surface area contributed by atoms with Gasteiger partial charge in [0, 0.05) is 25.2 Å². The molecule has 0 aliphatic carbocycles. The number of fused-ring (bicyclic) bond motifs is 1. The van der Waals surface area contributed by atoms with Gasteiger partial charge in [0.1, 0.15) is 0 Å². The lowest BCUT2D eigenvalue weighted by Gasteiger charge is -2.18. The molecular formula is C15H22N2O3S. The molecule has 1 aromatic rings. The minimum Gasteiger partial charge on any atom is -0.312 e. The van der Waals surface area contributed by atoms with Crippen molar-refractivity contribution < 1.29 is 13.2 Å². The van der Waals surface area contributed by atoms with Gasteiger partial charge in [0.2, 0.25) is 15.9 Å². The number of benzene rings is 1. The van der Waals surface area contributed by atoms with E-state index in [1.165, 1.54) is 6.92 Å². The molecule has 116 valence electrons. The first-order valence-corrected chi connectivity index (χ1v) is 8.64. The minimum absolute atomic E-state index is 0.0177. The molecule has 1 aliphatic rings. The minimum atomic E-state index is -3.52. The molecule has 0 radical (unpaired) electrons. The lowest BCUT2D eigenvalue weighted by Crippen LogP contribution is -2.36. The third kappa shape index (κ3) is 3.27. The Labute approximate surface area is 126 Å². The van der Waals surface area contributed by atoms with E-state index >= 15 is 0 Å². The molecule has 1 amide bonds. The zero-order chi connectivity index (χ0) is 15.8. The highest BCUT2D eigenvalue weighted by molar-refractivity contribution is 7.89. The molecule has 0 bridgehead atoms. The summed E-state index contributed by atoms with van der Waals surface area (Å²) in [6, 6.07) is 4.83. The lowest BCUT2D eigenvalue weighted by atomic mass is 10.1. The Balaban J connectivity index is 2.29. The summed E-state index contributed by atoms with van der Waals surface area (Å²) in [5, 5.41) is 0. The van der Waals surface area contributed by atoms with Crippen LogP contribution in [0.2, 0.25) is 0 Å². The molecule has 2 rings (SSSR count). The van der Waals surface area contributed by atoms with E-state index in [-0.39, 0.29) is 22.8 Å². The fraction of sp³-hybridized carbons (Fsp3) is 0.533. The van der Waals surface area contributed by atoms with Crippen molar-refractivity contribution in [3.05, 3.63) is 23.8 Å². The van der Waals surface area contributed by atoms with Crippen LogP contribution >= 0.6 is 0 Å². The predicted octanol–water partition coefficient (Wildman–Crippen LogP) is 1.92. The van der Waals surface area contributed by atoms with Crippen LogP contribution in [0.4, 0.5) is 5.69 Å². The van der Waals surface area contributed by atoms with Gasteiger partial charge in [0.05, 0.1) is 4.90 Å². The molecule has 0 saturated carbocycles. The quantitative estimate of drug-likeness (QED) is 0.924. The van der Waals surface area contributed by atoms with Gasteiger partial charge in [-0.1, -0.05) is 13.8 Å². The second-order valence-corrected chi connectivity index (χ2v) is 7.58. The van der Waals surface area contributed by atoms with Crippen LogP contribution in [0.1, 0.15) is 33.3 Å². The molecule has 0 unspecified atom stereocenters. The molecule has 0 aromatic heterocycles. The summed E-state index contributed by atoms with van der Waals surface area (Å²) in [5.41, 5.74) is 1.73. The van der Waals surface area contributed by atoms with Crippen molar-refractivity contribution in [2.75, 3.05) is 11.4 Å². The number of sulfonamides is 1.